The number of carbonyl (C=O) groups is 1. The smallest absolute Gasteiger partial charge is 0.379 e. The van der Waals surface area contributed by atoms with E-state index in [1.807, 2.05) is 18.2 Å². The minimum absolute atomic E-state index is 0.132. The zero-order chi connectivity index (χ0) is 16.7. The fourth-order valence-corrected chi connectivity index (χ4v) is 2.60. The molecule has 0 atom stereocenters. The summed E-state index contributed by atoms with van der Waals surface area (Å²) in [4.78, 5) is 23.6. The van der Waals surface area contributed by atoms with Gasteiger partial charge >= 0.3 is 11.6 Å². The molecule has 2 aromatic heterocycles. The van der Waals surface area contributed by atoms with Crippen LogP contribution in [0.25, 0.3) is 21.9 Å². The molecule has 0 aliphatic rings. The average Bonchev–Trinajstić information content (AvgIpc) is 2.99. The van der Waals surface area contributed by atoms with Gasteiger partial charge in [-0.1, -0.05) is 18.2 Å². The van der Waals surface area contributed by atoms with Gasteiger partial charge in [0.25, 0.3) is 0 Å². The van der Waals surface area contributed by atoms with Crippen LogP contribution in [0.5, 0.6) is 5.75 Å². The molecule has 0 saturated carbocycles. The first kappa shape index (κ1) is 14.3. The Kier molecular flexibility index (Phi) is 3.20. The molecule has 0 radical (unpaired) electrons. The molecule has 0 aliphatic heterocycles. The molecule has 0 aliphatic carbocycles. The molecule has 2 aromatic carbocycles. The van der Waals surface area contributed by atoms with E-state index in [1.165, 1.54) is 6.07 Å². The zero-order valence-corrected chi connectivity index (χ0v) is 12.7. The van der Waals surface area contributed by atoms with Crippen LogP contribution in [0.15, 0.2) is 68.2 Å². The van der Waals surface area contributed by atoms with Crippen LogP contribution < -0.4 is 10.4 Å². The molecule has 0 N–H and O–H groups in total. The summed E-state index contributed by atoms with van der Waals surface area (Å²) < 4.78 is 16.0. The highest BCUT2D eigenvalue weighted by atomic mass is 16.5. The summed E-state index contributed by atoms with van der Waals surface area (Å²) in [5, 5.41) is 1.55. The van der Waals surface area contributed by atoms with Crippen LogP contribution in [0.3, 0.4) is 0 Å². The first-order valence-corrected chi connectivity index (χ1v) is 7.35. The van der Waals surface area contributed by atoms with Gasteiger partial charge in [0.15, 0.2) is 0 Å². The molecule has 5 heteroatoms. The molecular formula is C19H12O5. The number of furan rings is 1. The van der Waals surface area contributed by atoms with Crippen molar-refractivity contribution in [3.63, 3.8) is 0 Å². The molecule has 0 unspecified atom stereocenters. The van der Waals surface area contributed by atoms with Gasteiger partial charge in [-0.05, 0) is 42.8 Å². The lowest BCUT2D eigenvalue weighted by molar-refractivity contribution is 0.0704. The van der Waals surface area contributed by atoms with Crippen molar-refractivity contribution in [1.82, 2.24) is 0 Å². The largest absolute Gasteiger partial charge is 0.449 e. The summed E-state index contributed by atoms with van der Waals surface area (Å²) in [6.07, 6.45) is 0. The zero-order valence-electron chi connectivity index (χ0n) is 12.7. The molecule has 4 rings (SSSR count). The van der Waals surface area contributed by atoms with Crippen LogP contribution in [-0.2, 0) is 0 Å². The van der Waals surface area contributed by atoms with Gasteiger partial charge in [0.2, 0.25) is 5.76 Å². The molecule has 0 saturated heterocycles. The molecule has 24 heavy (non-hydrogen) atoms. The molecule has 0 amide bonds. The minimum Gasteiger partial charge on any atom is -0.449 e. The molecular weight excluding hydrogens is 308 g/mol. The van der Waals surface area contributed by atoms with E-state index < -0.39 is 11.6 Å². The Bertz CT molecular complexity index is 1100. The van der Waals surface area contributed by atoms with Gasteiger partial charge in [0, 0.05) is 16.8 Å². The quantitative estimate of drug-likeness (QED) is 0.316. The van der Waals surface area contributed by atoms with Gasteiger partial charge in [-0.25, -0.2) is 9.59 Å². The van der Waals surface area contributed by atoms with E-state index in [4.69, 9.17) is 13.6 Å². The standard InChI is InChI=1S/C19H12O5/c1-11-8-18(20)24-16-7-6-13(10-14(11)16)22-19(21)17-9-12-4-2-3-5-15(12)23-17/h2-10H,1H3. The third kappa shape index (κ3) is 2.46. The van der Waals surface area contributed by atoms with E-state index in [-0.39, 0.29) is 5.76 Å². The third-order valence-electron chi connectivity index (χ3n) is 3.76. The lowest BCUT2D eigenvalue weighted by Gasteiger charge is -2.05. The van der Waals surface area contributed by atoms with Crippen LogP contribution in [0, 0.1) is 6.92 Å². The van der Waals surface area contributed by atoms with Crippen molar-refractivity contribution in [3.8, 4) is 5.75 Å². The number of para-hydroxylation sites is 1. The normalized spacial score (nSPS) is 11.0. The van der Waals surface area contributed by atoms with Crippen LogP contribution >= 0.6 is 0 Å². The highest BCUT2D eigenvalue weighted by Crippen LogP contribution is 2.24. The van der Waals surface area contributed by atoms with Crippen molar-refractivity contribution in [1.29, 1.82) is 0 Å². The second-order valence-electron chi connectivity index (χ2n) is 5.44. The minimum atomic E-state index is -0.583. The van der Waals surface area contributed by atoms with E-state index in [0.717, 1.165) is 10.9 Å². The predicted octanol–water partition coefficient (Wildman–Crippen LogP) is 4.07. The maximum Gasteiger partial charge on any atom is 0.379 e. The van der Waals surface area contributed by atoms with Crippen molar-refractivity contribution in [2.75, 3.05) is 0 Å². The number of esters is 1. The topological polar surface area (TPSA) is 69.7 Å². The van der Waals surface area contributed by atoms with E-state index in [1.54, 1.807) is 37.3 Å². The number of carbonyl (C=O) groups excluding carboxylic acids is 1. The fourth-order valence-electron chi connectivity index (χ4n) is 2.60. The molecule has 5 nitrogen and oxygen atoms in total. The van der Waals surface area contributed by atoms with E-state index in [9.17, 15) is 9.59 Å². The van der Waals surface area contributed by atoms with Crippen LogP contribution in [0.1, 0.15) is 16.1 Å². The Morgan fingerprint density at radius 3 is 2.62 bits per heavy atom. The summed E-state index contributed by atoms with van der Waals surface area (Å²) in [6, 6.07) is 15.2. The van der Waals surface area contributed by atoms with Crippen LogP contribution in [0.4, 0.5) is 0 Å². The SMILES string of the molecule is Cc1cc(=O)oc2ccc(OC(=O)c3cc4ccccc4o3)cc12. The molecule has 118 valence electrons. The predicted molar refractivity (Wildman–Crippen MR) is 88.4 cm³/mol. The van der Waals surface area contributed by atoms with Gasteiger partial charge in [0.05, 0.1) is 0 Å². The highest BCUT2D eigenvalue weighted by molar-refractivity contribution is 5.94. The Morgan fingerprint density at radius 1 is 0.958 bits per heavy atom. The van der Waals surface area contributed by atoms with Crippen LogP contribution in [0.2, 0.25) is 0 Å². The monoisotopic (exact) mass is 320 g/mol. The maximum atomic E-state index is 12.3. The summed E-state index contributed by atoms with van der Waals surface area (Å²) in [6.45, 7) is 1.80. The van der Waals surface area contributed by atoms with Gasteiger partial charge in [-0.15, -0.1) is 0 Å². The van der Waals surface area contributed by atoms with E-state index in [0.29, 0.717) is 22.3 Å². The van der Waals surface area contributed by atoms with Gasteiger partial charge in [-0.3, -0.25) is 0 Å². The second kappa shape index (κ2) is 5.38. The number of ether oxygens (including phenoxy) is 1. The third-order valence-corrected chi connectivity index (χ3v) is 3.76. The molecule has 2 heterocycles. The van der Waals surface area contributed by atoms with Crippen molar-refractivity contribution >= 4 is 27.9 Å². The van der Waals surface area contributed by atoms with Crippen LogP contribution in [-0.4, -0.2) is 5.97 Å². The Morgan fingerprint density at radius 2 is 1.79 bits per heavy atom. The molecule has 0 bridgehead atoms. The van der Waals surface area contributed by atoms with Gasteiger partial charge in [0.1, 0.15) is 16.9 Å². The Hall–Kier alpha value is -3.34. The number of fused-ring (bicyclic) bond motifs is 2. The molecule has 0 fully saturated rings. The second-order valence-corrected chi connectivity index (χ2v) is 5.44. The Balaban J connectivity index is 1.68. The van der Waals surface area contributed by atoms with E-state index in [2.05, 4.69) is 0 Å². The number of aryl methyl sites for hydroxylation is 1. The number of hydrogen-bond acceptors (Lipinski definition) is 5. The van der Waals surface area contributed by atoms with Gasteiger partial charge < -0.3 is 13.6 Å². The maximum absolute atomic E-state index is 12.3. The first-order valence-electron chi connectivity index (χ1n) is 7.35. The van der Waals surface area contributed by atoms with Crippen molar-refractivity contribution in [3.05, 3.63) is 76.3 Å². The summed E-state index contributed by atoms with van der Waals surface area (Å²) in [5.74, 6) is -0.0990. The summed E-state index contributed by atoms with van der Waals surface area (Å²) in [5.41, 5.74) is 1.42. The molecule has 0 spiro atoms. The summed E-state index contributed by atoms with van der Waals surface area (Å²) in [7, 11) is 0. The molecule has 4 aromatic rings. The fraction of sp³-hybridized carbons (Fsp3) is 0.0526. The van der Waals surface area contributed by atoms with Crippen molar-refractivity contribution in [2.45, 2.75) is 6.92 Å². The average molecular weight is 320 g/mol. The highest BCUT2D eigenvalue weighted by Gasteiger charge is 2.15. The first-order chi connectivity index (χ1) is 11.6. The lowest BCUT2D eigenvalue weighted by Crippen LogP contribution is -2.07. The number of rotatable bonds is 2. The summed E-state index contributed by atoms with van der Waals surface area (Å²) >= 11 is 0. The van der Waals surface area contributed by atoms with E-state index >= 15 is 0 Å². The number of benzene rings is 2. The van der Waals surface area contributed by atoms with Gasteiger partial charge in [-0.2, -0.15) is 0 Å². The number of hydrogen-bond donors (Lipinski definition) is 0. The lowest BCUT2D eigenvalue weighted by atomic mass is 10.1. The Labute approximate surface area is 136 Å². The van der Waals surface area contributed by atoms with Crippen molar-refractivity contribution < 1.29 is 18.4 Å². The van der Waals surface area contributed by atoms with Crippen molar-refractivity contribution in [2.24, 2.45) is 0 Å².